The van der Waals surface area contributed by atoms with Crippen LogP contribution in [-0.4, -0.2) is 42.4 Å². The van der Waals surface area contributed by atoms with E-state index in [4.69, 9.17) is 11.1 Å². The summed E-state index contributed by atoms with van der Waals surface area (Å²) in [5, 5.41) is 7.27. The van der Waals surface area contributed by atoms with E-state index in [1.54, 1.807) is 31.5 Å². The predicted octanol–water partition coefficient (Wildman–Crippen LogP) is 0.210. The Kier molecular flexibility index (Phi) is 4.80. The van der Waals surface area contributed by atoms with Crippen molar-refractivity contribution < 1.29 is 8.42 Å². The Morgan fingerprint density at radius 3 is 2.56 bits per heavy atom. The molecule has 100 valence electrons. The number of nitrogens with one attached hydrogen (secondary N) is 1. The lowest BCUT2D eigenvalue weighted by molar-refractivity contribution is 0.448. The van der Waals surface area contributed by atoms with Gasteiger partial charge in [0.2, 0.25) is 10.0 Å². The van der Waals surface area contributed by atoms with Gasteiger partial charge in [-0.15, -0.1) is 0 Å². The minimum Gasteiger partial charge on any atom is -0.386 e. The fourth-order valence-electron chi connectivity index (χ4n) is 1.38. The van der Waals surface area contributed by atoms with Crippen molar-refractivity contribution in [3.63, 3.8) is 0 Å². The number of aromatic nitrogens is 1. The van der Waals surface area contributed by atoms with Crippen molar-refractivity contribution in [3.8, 4) is 0 Å². The summed E-state index contributed by atoms with van der Waals surface area (Å²) < 4.78 is 25.2. The Hall–Kier alpha value is -1.47. The first-order valence-electron chi connectivity index (χ1n) is 5.53. The zero-order valence-corrected chi connectivity index (χ0v) is 11.3. The van der Waals surface area contributed by atoms with E-state index in [0.29, 0.717) is 6.42 Å². The van der Waals surface area contributed by atoms with Crippen LogP contribution in [0.4, 0.5) is 0 Å². The van der Waals surface area contributed by atoms with E-state index in [-0.39, 0.29) is 11.6 Å². The molecule has 1 aromatic heterocycles. The molecule has 0 bridgehead atoms. The molecule has 1 aromatic rings. The minimum atomic E-state index is -3.41. The quantitative estimate of drug-likeness (QED) is 0.570. The SMILES string of the molecule is CC(C(=N)N)N(C)S(=O)(=O)CCc1ccncc1. The second-order valence-electron chi connectivity index (χ2n) is 4.07. The van der Waals surface area contributed by atoms with Crippen LogP contribution in [0.25, 0.3) is 0 Å². The van der Waals surface area contributed by atoms with E-state index in [2.05, 4.69) is 4.98 Å². The first kappa shape index (κ1) is 14.6. The van der Waals surface area contributed by atoms with E-state index in [9.17, 15) is 8.42 Å². The number of pyridine rings is 1. The van der Waals surface area contributed by atoms with E-state index >= 15 is 0 Å². The van der Waals surface area contributed by atoms with Gasteiger partial charge in [0.25, 0.3) is 0 Å². The number of likely N-dealkylation sites (N-methyl/N-ethyl adjacent to an activating group) is 1. The van der Waals surface area contributed by atoms with Crippen LogP contribution >= 0.6 is 0 Å². The maximum Gasteiger partial charge on any atom is 0.214 e. The molecular formula is C11H18N4O2S. The highest BCUT2D eigenvalue weighted by atomic mass is 32.2. The number of aryl methyl sites for hydroxylation is 1. The first-order chi connectivity index (χ1) is 8.34. The molecule has 3 N–H and O–H groups in total. The van der Waals surface area contributed by atoms with Gasteiger partial charge in [-0.2, -0.15) is 4.31 Å². The lowest BCUT2D eigenvalue weighted by Gasteiger charge is -2.23. The van der Waals surface area contributed by atoms with Gasteiger partial charge in [-0.05, 0) is 31.0 Å². The molecule has 7 heteroatoms. The topological polar surface area (TPSA) is 100 Å². The molecule has 0 fully saturated rings. The van der Waals surface area contributed by atoms with Crippen molar-refractivity contribution in [2.45, 2.75) is 19.4 Å². The van der Waals surface area contributed by atoms with Crippen LogP contribution in [0.5, 0.6) is 0 Å². The molecule has 0 aliphatic rings. The molecule has 6 nitrogen and oxygen atoms in total. The Morgan fingerprint density at radius 2 is 2.06 bits per heavy atom. The molecule has 0 aromatic carbocycles. The number of sulfonamides is 1. The van der Waals surface area contributed by atoms with Crippen LogP contribution in [0.2, 0.25) is 0 Å². The second-order valence-corrected chi connectivity index (χ2v) is 6.22. The monoisotopic (exact) mass is 270 g/mol. The molecule has 1 atom stereocenters. The van der Waals surface area contributed by atoms with Gasteiger partial charge in [0.05, 0.1) is 11.8 Å². The highest BCUT2D eigenvalue weighted by Gasteiger charge is 2.24. The maximum atomic E-state index is 12.0. The predicted molar refractivity (Wildman–Crippen MR) is 70.9 cm³/mol. The van der Waals surface area contributed by atoms with Gasteiger partial charge >= 0.3 is 0 Å². The van der Waals surface area contributed by atoms with Crippen LogP contribution in [0.15, 0.2) is 24.5 Å². The molecule has 0 aliphatic carbocycles. The fourth-order valence-corrected chi connectivity index (χ4v) is 2.75. The lowest BCUT2D eigenvalue weighted by atomic mass is 10.2. The zero-order valence-electron chi connectivity index (χ0n) is 10.5. The van der Waals surface area contributed by atoms with Crippen molar-refractivity contribution in [1.29, 1.82) is 5.41 Å². The highest BCUT2D eigenvalue weighted by molar-refractivity contribution is 7.89. The average molecular weight is 270 g/mol. The molecule has 0 saturated heterocycles. The summed E-state index contributed by atoms with van der Waals surface area (Å²) in [6.45, 7) is 1.59. The molecule has 0 radical (unpaired) electrons. The third kappa shape index (κ3) is 3.78. The Labute approximate surface area is 107 Å². The van der Waals surface area contributed by atoms with E-state index in [1.807, 2.05) is 0 Å². The molecule has 1 rings (SSSR count). The van der Waals surface area contributed by atoms with E-state index < -0.39 is 16.1 Å². The van der Waals surface area contributed by atoms with Crippen LogP contribution in [0, 0.1) is 5.41 Å². The number of nitrogens with zero attached hydrogens (tertiary/aromatic N) is 2. The summed E-state index contributed by atoms with van der Waals surface area (Å²) >= 11 is 0. The fraction of sp³-hybridized carbons (Fsp3) is 0.455. The number of hydrogen-bond donors (Lipinski definition) is 2. The van der Waals surface area contributed by atoms with E-state index in [1.165, 1.54) is 7.05 Å². The molecule has 0 amide bonds. The summed E-state index contributed by atoms with van der Waals surface area (Å²) in [7, 11) is -1.97. The Balaban J connectivity index is 2.68. The molecule has 18 heavy (non-hydrogen) atoms. The Morgan fingerprint density at radius 1 is 1.50 bits per heavy atom. The molecular weight excluding hydrogens is 252 g/mol. The standard InChI is InChI=1S/C11H18N4O2S/c1-9(11(12)13)15(2)18(16,17)8-5-10-3-6-14-7-4-10/h3-4,6-7,9H,5,8H2,1-2H3,(H3,12,13). The average Bonchev–Trinajstić information content (AvgIpc) is 2.35. The molecule has 1 unspecified atom stereocenters. The van der Waals surface area contributed by atoms with Gasteiger partial charge < -0.3 is 5.73 Å². The largest absolute Gasteiger partial charge is 0.386 e. The second kappa shape index (κ2) is 5.92. The highest BCUT2D eigenvalue weighted by Crippen LogP contribution is 2.07. The smallest absolute Gasteiger partial charge is 0.214 e. The number of nitrogens with two attached hydrogens (primary N) is 1. The van der Waals surface area contributed by atoms with Crippen molar-refractivity contribution in [1.82, 2.24) is 9.29 Å². The minimum absolute atomic E-state index is 0.00880. The van der Waals surface area contributed by atoms with Gasteiger partial charge in [-0.1, -0.05) is 0 Å². The number of hydrogen-bond acceptors (Lipinski definition) is 4. The zero-order chi connectivity index (χ0) is 13.8. The molecule has 1 heterocycles. The van der Waals surface area contributed by atoms with Crippen LogP contribution in [0.3, 0.4) is 0 Å². The van der Waals surface area contributed by atoms with Crippen molar-refractivity contribution in [2.75, 3.05) is 12.8 Å². The van der Waals surface area contributed by atoms with Crippen molar-refractivity contribution in [3.05, 3.63) is 30.1 Å². The van der Waals surface area contributed by atoms with Crippen LogP contribution in [-0.2, 0) is 16.4 Å². The van der Waals surface area contributed by atoms with Crippen LogP contribution < -0.4 is 5.73 Å². The number of amidine groups is 1. The lowest BCUT2D eigenvalue weighted by Crippen LogP contribution is -2.44. The van der Waals surface area contributed by atoms with Gasteiger partial charge in [0.15, 0.2) is 0 Å². The third-order valence-electron chi connectivity index (χ3n) is 2.83. The van der Waals surface area contributed by atoms with Gasteiger partial charge in [-0.3, -0.25) is 10.4 Å². The third-order valence-corrected chi connectivity index (χ3v) is 4.75. The van der Waals surface area contributed by atoms with E-state index in [0.717, 1.165) is 9.87 Å². The summed E-state index contributed by atoms with van der Waals surface area (Å²) in [5.41, 5.74) is 6.22. The summed E-state index contributed by atoms with van der Waals surface area (Å²) in [6, 6.07) is 2.95. The summed E-state index contributed by atoms with van der Waals surface area (Å²) in [6.07, 6.45) is 3.67. The Bertz CT molecular complexity index is 501. The van der Waals surface area contributed by atoms with Crippen molar-refractivity contribution in [2.24, 2.45) is 5.73 Å². The first-order valence-corrected chi connectivity index (χ1v) is 7.14. The summed E-state index contributed by atoms with van der Waals surface area (Å²) in [5.74, 6) is -0.171. The summed E-state index contributed by atoms with van der Waals surface area (Å²) in [4.78, 5) is 3.87. The van der Waals surface area contributed by atoms with Gasteiger partial charge in [0.1, 0.15) is 5.84 Å². The normalized spacial score (nSPS) is 13.5. The van der Waals surface area contributed by atoms with Crippen LogP contribution in [0.1, 0.15) is 12.5 Å². The van der Waals surface area contributed by atoms with Crippen molar-refractivity contribution >= 4 is 15.9 Å². The van der Waals surface area contributed by atoms with Gasteiger partial charge in [-0.25, -0.2) is 8.42 Å². The molecule has 0 saturated carbocycles. The molecule has 0 aliphatic heterocycles. The number of rotatable bonds is 6. The maximum absolute atomic E-state index is 12.0. The molecule has 0 spiro atoms. The van der Waals surface area contributed by atoms with Gasteiger partial charge in [0, 0.05) is 19.4 Å².